The number of pyridine rings is 1. The number of fused-ring (bicyclic) bond motifs is 1. The highest BCUT2D eigenvalue weighted by Gasteiger charge is 2.42. The van der Waals surface area contributed by atoms with Crippen molar-refractivity contribution in [1.29, 1.82) is 0 Å². The van der Waals surface area contributed by atoms with Crippen molar-refractivity contribution in [3.63, 3.8) is 0 Å². The lowest BCUT2D eigenvalue weighted by Crippen LogP contribution is -2.57. The van der Waals surface area contributed by atoms with E-state index in [4.69, 9.17) is 4.74 Å². The van der Waals surface area contributed by atoms with E-state index in [2.05, 4.69) is 15.6 Å². The highest BCUT2D eigenvalue weighted by Crippen LogP contribution is 2.32. The molecule has 3 N–H and O–H groups in total. The van der Waals surface area contributed by atoms with Crippen molar-refractivity contribution in [2.75, 3.05) is 28.8 Å². The third-order valence-corrected chi connectivity index (χ3v) is 6.94. The summed E-state index contributed by atoms with van der Waals surface area (Å²) >= 11 is 0. The predicted octanol–water partition coefficient (Wildman–Crippen LogP) is 1.99. The molecule has 0 spiro atoms. The van der Waals surface area contributed by atoms with E-state index >= 15 is 0 Å². The maximum atomic E-state index is 14.0. The van der Waals surface area contributed by atoms with Gasteiger partial charge in [0.15, 0.2) is 6.23 Å². The second-order valence-corrected chi connectivity index (χ2v) is 11.8. The van der Waals surface area contributed by atoms with Crippen LogP contribution < -0.4 is 20.9 Å². The quantitative estimate of drug-likeness (QED) is 0.395. The van der Waals surface area contributed by atoms with Gasteiger partial charge in [-0.1, -0.05) is 26.0 Å². The van der Waals surface area contributed by atoms with Crippen molar-refractivity contribution in [2.24, 2.45) is 5.92 Å². The maximum absolute atomic E-state index is 14.0. The van der Waals surface area contributed by atoms with Crippen LogP contribution in [0.4, 0.5) is 25.1 Å². The SMILES string of the molecule is CC(C)[C@H](NC(=O)[C@H](C)NCCS(C)(=O)=O)C(=O)N1c2ncccc2C[C@@H]1OC(=O)Nc1c(F)cccc1F. The zero-order valence-corrected chi connectivity index (χ0v) is 22.7. The van der Waals surface area contributed by atoms with Crippen molar-refractivity contribution in [1.82, 2.24) is 15.6 Å². The molecule has 1 aliphatic rings. The minimum atomic E-state index is -3.23. The summed E-state index contributed by atoms with van der Waals surface area (Å²) in [5.74, 6) is -3.51. The monoisotopic (exact) mass is 567 g/mol. The Morgan fingerprint density at radius 2 is 1.79 bits per heavy atom. The fourth-order valence-electron chi connectivity index (χ4n) is 3.93. The summed E-state index contributed by atoms with van der Waals surface area (Å²) in [7, 11) is -3.23. The van der Waals surface area contributed by atoms with Crippen LogP contribution in [0.5, 0.6) is 0 Å². The van der Waals surface area contributed by atoms with Crippen LogP contribution in [0.15, 0.2) is 36.5 Å². The first-order valence-electron chi connectivity index (χ1n) is 12.2. The number of aromatic nitrogens is 1. The third-order valence-electron chi connectivity index (χ3n) is 6.00. The number of para-hydroxylation sites is 1. The molecule has 0 unspecified atom stereocenters. The van der Waals surface area contributed by atoms with Gasteiger partial charge in [0.2, 0.25) is 5.91 Å². The van der Waals surface area contributed by atoms with Gasteiger partial charge < -0.3 is 15.4 Å². The van der Waals surface area contributed by atoms with Gasteiger partial charge >= 0.3 is 6.09 Å². The van der Waals surface area contributed by atoms with E-state index < -0.39 is 69.3 Å². The molecule has 0 radical (unpaired) electrons. The Kier molecular flexibility index (Phi) is 9.56. The highest BCUT2D eigenvalue weighted by atomic mass is 32.2. The van der Waals surface area contributed by atoms with E-state index in [1.165, 1.54) is 13.1 Å². The Morgan fingerprint density at radius 1 is 1.13 bits per heavy atom. The van der Waals surface area contributed by atoms with Crippen molar-refractivity contribution in [3.05, 3.63) is 53.7 Å². The van der Waals surface area contributed by atoms with Crippen LogP contribution >= 0.6 is 0 Å². The van der Waals surface area contributed by atoms with Crippen LogP contribution in [0.25, 0.3) is 0 Å². The minimum Gasteiger partial charge on any atom is -0.424 e. The number of halogens is 2. The van der Waals surface area contributed by atoms with E-state index in [0.717, 1.165) is 29.4 Å². The molecule has 1 aliphatic heterocycles. The van der Waals surface area contributed by atoms with Gasteiger partial charge in [0.05, 0.1) is 11.8 Å². The number of benzene rings is 1. The van der Waals surface area contributed by atoms with E-state index in [1.54, 1.807) is 26.0 Å². The smallest absolute Gasteiger partial charge is 0.413 e. The maximum Gasteiger partial charge on any atom is 0.413 e. The molecule has 212 valence electrons. The lowest BCUT2D eigenvalue weighted by atomic mass is 10.0. The number of hydrogen-bond donors (Lipinski definition) is 3. The van der Waals surface area contributed by atoms with Gasteiger partial charge in [0.25, 0.3) is 5.91 Å². The van der Waals surface area contributed by atoms with Gasteiger partial charge in [-0.2, -0.15) is 0 Å². The summed E-state index contributed by atoms with van der Waals surface area (Å²) in [4.78, 5) is 44.5. The Hall–Kier alpha value is -3.65. The van der Waals surface area contributed by atoms with Gasteiger partial charge in [-0.3, -0.25) is 19.8 Å². The van der Waals surface area contributed by atoms with E-state index in [1.807, 2.05) is 5.32 Å². The lowest BCUT2D eigenvalue weighted by Gasteiger charge is -2.31. The molecule has 2 heterocycles. The number of nitrogens with zero attached hydrogens (tertiary/aromatic N) is 2. The zero-order chi connectivity index (χ0) is 28.9. The number of ether oxygens (including phenoxy) is 1. The third kappa shape index (κ3) is 7.69. The van der Waals surface area contributed by atoms with E-state index in [-0.39, 0.29) is 24.5 Å². The van der Waals surface area contributed by atoms with Crippen molar-refractivity contribution in [2.45, 2.75) is 45.5 Å². The topological polar surface area (TPSA) is 147 Å². The normalized spacial score (nSPS) is 16.4. The number of anilines is 2. The largest absolute Gasteiger partial charge is 0.424 e. The molecule has 2 aromatic rings. The molecule has 0 bridgehead atoms. The van der Waals surface area contributed by atoms with Crippen LogP contribution in [0.2, 0.25) is 0 Å². The van der Waals surface area contributed by atoms with Crippen LogP contribution in [-0.2, 0) is 30.6 Å². The number of sulfone groups is 1. The van der Waals surface area contributed by atoms with Crippen molar-refractivity contribution >= 4 is 39.3 Å². The van der Waals surface area contributed by atoms with Crippen molar-refractivity contribution in [3.8, 4) is 0 Å². The molecular formula is C25H31F2N5O6S. The van der Waals surface area contributed by atoms with Gasteiger partial charge in [-0.05, 0) is 31.0 Å². The summed E-state index contributed by atoms with van der Waals surface area (Å²) in [5, 5.41) is 7.51. The molecule has 3 rings (SSSR count). The molecule has 3 amide bonds. The lowest BCUT2D eigenvalue weighted by molar-refractivity contribution is -0.130. The van der Waals surface area contributed by atoms with Gasteiger partial charge in [0, 0.05) is 31.0 Å². The summed E-state index contributed by atoms with van der Waals surface area (Å²) in [6, 6.07) is 4.54. The van der Waals surface area contributed by atoms with Gasteiger partial charge in [0.1, 0.15) is 39.0 Å². The second-order valence-electron chi connectivity index (χ2n) is 9.52. The number of hydrogen-bond acceptors (Lipinski definition) is 8. The summed E-state index contributed by atoms with van der Waals surface area (Å²) < 4.78 is 56.1. The first-order chi connectivity index (χ1) is 18.3. The van der Waals surface area contributed by atoms with Crippen LogP contribution in [0.1, 0.15) is 26.3 Å². The molecule has 0 saturated heterocycles. The summed E-state index contributed by atoms with van der Waals surface area (Å²) in [5.41, 5.74) is -0.107. The molecule has 39 heavy (non-hydrogen) atoms. The van der Waals surface area contributed by atoms with Crippen LogP contribution in [-0.4, -0.2) is 68.2 Å². The van der Waals surface area contributed by atoms with E-state index in [9.17, 15) is 31.6 Å². The number of rotatable bonds is 10. The highest BCUT2D eigenvalue weighted by molar-refractivity contribution is 7.90. The average molecular weight is 568 g/mol. The Labute approximate surface area is 225 Å². The molecule has 0 aliphatic carbocycles. The summed E-state index contributed by atoms with van der Waals surface area (Å²) in [6.45, 7) is 5.00. The van der Waals surface area contributed by atoms with Crippen LogP contribution in [0, 0.1) is 17.6 Å². The number of carbonyl (C=O) groups is 3. The van der Waals surface area contributed by atoms with Crippen molar-refractivity contribution < 1.29 is 36.3 Å². The molecule has 1 aromatic carbocycles. The number of carbonyl (C=O) groups excluding carboxylic acids is 3. The average Bonchev–Trinajstić information content (AvgIpc) is 3.20. The Balaban J connectivity index is 1.78. The predicted molar refractivity (Wildman–Crippen MR) is 140 cm³/mol. The zero-order valence-electron chi connectivity index (χ0n) is 21.9. The Bertz CT molecular complexity index is 1320. The number of nitrogens with one attached hydrogen (secondary N) is 3. The molecule has 3 atom stereocenters. The van der Waals surface area contributed by atoms with Gasteiger partial charge in [-0.25, -0.2) is 27.0 Å². The Morgan fingerprint density at radius 3 is 2.41 bits per heavy atom. The fourth-order valence-corrected chi connectivity index (χ4v) is 4.42. The fraction of sp³-hybridized carbons (Fsp3) is 0.440. The van der Waals surface area contributed by atoms with Crippen LogP contribution in [0.3, 0.4) is 0 Å². The van der Waals surface area contributed by atoms with E-state index in [0.29, 0.717) is 5.56 Å². The standard InChI is InChI=1S/C25H31F2N5O6S/c1-14(2)20(30-23(33)15(3)28-11-12-39(4,36)37)24(34)32-19(13-16-7-6-10-29-22(16)32)38-25(35)31-21-17(26)8-5-9-18(21)27/h5-10,14-15,19-20,28H,11-13H2,1-4H3,(H,30,33)(H,31,35)/t15-,19-,20-/m0/s1. The number of amides is 3. The first-order valence-corrected chi connectivity index (χ1v) is 14.2. The summed E-state index contributed by atoms with van der Waals surface area (Å²) in [6.07, 6.45) is 0.196. The molecule has 0 fully saturated rings. The molecule has 1 aromatic heterocycles. The molecule has 14 heteroatoms. The molecular weight excluding hydrogens is 536 g/mol. The molecule has 0 saturated carbocycles. The first kappa shape index (κ1) is 29.9. The van der Waals surface area contributed by atoms with Gasteiger partial charge in [-0.15, -0.1) is 0 Å². The minimum absolute atomic E-state index is 0.0464. The second kappa shape index (κ2) is 12.5. The molecule has 11 nitrogen and oxygen atoms in total.